The molecular weight excluding hydrogens is 528 g/mol. The van der Waals surface area contributed by atoms with Crippen molar-refractivity contribution in [1.82, 2.24) is 10.2 Å². The second kappa shape index (κ2) is 12.4. The van der Waals surface area contributed by atoms with Gasteiger partial charge in [0, 0.05) is 37.4 Å². The van der Waals surface area contributed by atoms with E-state index in [1.807, 2.05) is 34.5 Å². The number of halogens is 1. The van der Waals surface area contributed by atoms with Gasteiger partial charge in [0.2, 0.25) is 0 Å². The van der Waals surface area contributed by atoms with Crippen LogP contribution in [0.3, 0.4) is 0 Å². The van der Waals surface area contributed by atoms with Crippen LogP contribution in [0.1, 0.15) is 33.9 Å². The first-order chi connectivity index (χ1) is 17.8. The van der Waals surface area contributed by atoms with E-state index in [0.29, 0.717) is 55.0 Å². The Morgan fingerprint density at radius 2 is 1.81 bits per heavy atom. The van der Waals surface area contributed by atoms with Crippen molar-refractivity contribution in [3.63, 3.8) is 0 Å². The molecule has 0 bridgehead atoms. The summed E-state index contributed by atoms with van der Waals surface area (Å²) in [5, 5.41) is 8.36. The molecule has 3 aromatic rings. The fourth-order valence-corrected chi connectivity index (χ4v) is 5.05. The van der Waals surface area contributed by atoms with Crippen molar-refractivity contribution in [2.24, 2.45) is 5.92 Å². The summed E-state index contributed by atoms with van der Waals surface area (Å²) in [6.45, 7) is 7.43. The summed E-state index contributed by atoms with van der Waals surface area (Å²) in [4.78, 5) is 29.9. The van der Waals surface area contributed by atoms with Gasteiger partial charge in [-0.1, -0.05) is 31.5 Å². The molecule has 2 aromatic carbocycles. The first kappa shape index (κ1) is 26.9. The molecule has 2 amide bonds. The lowest BCUT2D eigenvalue weighted by Crippen LogP contribution is -2.48. The number of nitrogens with zero attached hydrogens (tertiary/aromatic N) is 2. The van der Waals surface area contributed by atoms with Crippen LogP contribution in [0, 0.1) is 5.92 Å². The second-order valence-corrected chi connectivity index (χ2v) is 10.8. The van der Waals surface area contributed by atoms with Crippen LogP contribution < -0.4 is 20.3 Å². The third-order valence-electron chi connectivity index (χ3n) is 5.77. The molecule has 0 spiro atoms. The topological polar surface area (TPSA) is 73.9 Å². The Bertz CT molecular complexity index is 1240. The fraction of sp³-hybridized carbons (Fsp3) is 0.296. The van der Waals surface area contributed by atoms with Gasteiger partial charge in [-0.05, 0) is 72.0 Å². The molecule has 1 aliphatic heterocycles. The maximum absolute atomic E-state index is 12.6. The molecule has 2 heterocycles. The molecule has 7 nitrogen and oxygen atoms in total. The lowest BCUT2D eigenvalue weighted by atomic mass is 10.2. The predicted octanol–water partition coefficient (Wildman–Crippen LogP) is 5.53. The number of hydrogen-bond acceptors (Lipinski definition) is 6. The summed E-state index contributed by atoms with van der Waals surface area (Å²) < 4.78 is 5.66. The van der Waals surface area contributed by atoms with Crippen LogP contribution in [-0.4, -0.2) is 54.6 Å². The maximum Gasteiger partial charge on any atom is 0.264 e. The van der Waals surface area contributed by atoms with Crippen LogP contribution in [0.2, 0.25) is 5.02 Å². The van der Waals surface area contributed by atoms with E-state index in [1.54, 1.807) is 30.3 Å². The second-order valence-electron chi connectivity index (χ2n) is 9.06. The van der Waals surface area contributed by atoms with E-state index in [0.717, 1.165) is 16.3 Å². The number of nitrogens with one attached hydrogen (secondary N) is 2. The van der Waals surface area contributed by atoms with Crippen LogP contribution in [0.4, 0.5) is 11.4 Å². The van der Waals surface area contributed by atoms with Gasteiger partial charge in [0.25, 0.3) is 11.8 Å². The van der Waals surface area contributed by atoms with Crippen molar-refractivity contribution in [3.05, 3.63) is 75.4 Å². The number of thiocarbonyl (C=S) groups is 1. The zero-order valence-electron chi connectivity index (χ0n) is 20.7. The minimum Gasteiger partial charge on any atom is -0.493 e. The molecule has 1 aliphatic rings. The van der Waals surface area contributed by atoms with E-state index in [9.17, 15) is 9.59 Å². The van der Waals surface area contributed by atoms with Gasteiger partial charge in [-0.25, -0.2) is 0 Å². The SMILES string of the molecule is CC(C)COc1ccc(C(=O)NC(=S)Nc2ccc(N3CCN(C(=O)c4cccs4)CC3)c(Cl)c2)cc1. The lowest BCUT2D eigenvalue weighted by Gasteiger charge is -2.36. The quantitative estimate of drug-likeness (QED) is 0.373. The van der Waals surface area contributed by atoms with E-state index < -0.39 is 0 Å². The highest BCUT2D eigenvalue weighted by molar-refractivity contribution is 7.80. The average molecular weight is 557 g/mol. The average Bonchev–Trinajstić information content (AvgIpc) is 3.43. The molecule has 1 saturated heterocycles. The molecule has 0 unspecified atom stereocenters. The van der Waals surface area contributed by atoms with Crippen LogP contribution in [0.5, 0.6) is 5.75 Å². The number of carbonyl (C=O) groups excluding carboxylic acids is 2. The summed E-state index contributed by atoms with van der Waals surface area (Å²) in [5.41, 5.74) is 2.04. The predicted molar refractivity (Wildman–Crippen MR) is 154 cm³/mol. The number of carbonyl (C=O) groups is 2. The van der Waals surface area contributed by atoms with Crippen LogP contribution in [-0.2, 0) is 0 Å². The van der Waals surface area contributed by atoms with E-state index >= 15 is 0 Å². The van der Waals surface area contributed by atoms with E-state index in [1.165, 1.54) is 11.3 Å². The highest BCUT2D eigenvalue weighted by Crippen LogP contribution is 2.30. The summed E-state index contributed by atoms with van der Waals surface area (Å²) in [6, 6.07) is 16.2. The molecule has 37 heavy (non-hydrogen) atoms. The van der Waals surface area contributed by atoms with Gasteiger partial charge < -0.3 is 19.9 Å². The first-order valence-corrected chi connectivity index (χ1v) is 13.7. The van der Waals surface area contributed by atoms with Gasteiger partial charge in [-0.15, -0.1) is 11.3 Å². The summed E-state index contributed by atoms with van der Waals surface area (Å²) in [6.07, 6.45) is 0. The van der Waals surface area contributed by atoms with Gasteiger partial charge in [0.15, 0.2) is 5.11 Å². The van der Waals surface area contributed by atoms with Crippen molar-refractivity contribution in [3.8, 4) is 5.75 Å². The fourth-order valence-electron chi connectivity index (χ4n) is 3.85. The van der Waals surface area contributed by atoms with Gasteiger partial charge in [-0.3, -0.25) is 14.9 Å². The zero-order valence-corrected chi connectivity index (χ0v) is 23.1. The molecule has 2 N–H and O–H groups in total. The Kier molecular flexibility index (Phi) is 9.02. The minimum atomic E-state index is -0.314. The van der Waals surface area contributed by atoms with Crippen LogP contribution in [0.25, 0.3) is 0 Å². The number of amides is 2. The van der Waals surface area contributed by atoms with E-state index in [2.05, 4.69) is 29.4 Å². The van der Waals surface area contributed by atoms with Gasteiger partial charge in [0.05, 0.1) is 22.2 Å². The van der Waals surface area contributed by atoms with Crippen molar-refractivity contribution in [1.29, 1.82) is 0 Å². The first-order valence-electron chi connectivity index (χ1n) is 12.0. The third-order valence-corrected chi connectivity index (χ3v) is 7.14. The Morgan fingerprint density at radius 3 is 2.43 bits per heavy atom. The molecule has 1 aromatic heterocycles. The molecule has 0 radical (unpaired) electrons. The van der Waals surface area contributed by atoms with E-state index in [4.69, 9.17) is 28.6 Å². The minimum absolute atomic E-state index is 0.0752. The van der Waals surface area contributed by atoms with Gasteiger partial charge >= 0.3 is 0 Å². The van der Waals surface area contributed by atoms with Crippen LogP contribution >= 0.6 is 35.2 Å². The Balaban J connectivity index is 1.28. The Labute approximate surface area is 231 Å². The van der Waals surface area contributed by atoms with E-state index in [-0.39, 0.29) is 16.9 Å². The highest BCUT2D eigenvalue weighted by atomic mass is 35.5. The Morgan fingerprint density at radius 1 is 1.08 bits per heavy atom. The summed E-state index contributed by atoms with van der Waals surface area (Å²) in [5.74, 6) is 0.902. The van der Waals surface area contributed by atoms with Crippen LogP contribution in [0.15, 0.2) is 60.0 Å². The zero-order chi connectivity index (χ0) is 26.4. The number of piperazine rings is 1. The largest absolute Gasteiger partial charge is 0.493 e. The van der Waals surface area contributed by atoms with Crippen molar-refractivity contribution >= 4 is 63.5 Å². The lowest BCUT2D eigenvalue weighted by molar-refractivity contribution is 0.0751. The Hall–Kier alpha value is -3.14. The smallest absolute Gasteiger partial charge is 0.264 e. The van der Waals surface area contributed by atoms with Crippen molar-refractivity contribution < 1.29 is 14.3 Å². The number of benzene rings is 2. The third kappa shape index (κ3) is 7.21. The molecule has 194 valence electrons. The van der Waals surface area contributed by atoms with Gasteiger partial charge in [-0.2, -0.15) is 0 Å². The standard InChI is InChI=1S/C27H29ClN4O3S2/c1-18(2)17-35-21-8-5-19(6-9-21)25(33)30-27(36)29-20-7-10-23(22(28)16-20)31-11-13-32(14-12-31)26(34)24-4-3-15-37-24/h3-10,15-16,18H,11-14,17H2,1-2H3,(H2,29,30,33,36). The number of thiophene rings is 1. The summed E-state index contributed by atoms with van der Waals surface area (Å²) in [7, 11) is 0. The number of rotatable bonds is 7. The van der Waals surface area contributed by atoms with Crippen molar-refractivity contribution in [2.75, 3.05) is 43.0 Å². The number of hydrogen-bond donors (Lipinski definition) is 2. The monoisotopic (exact) mass is 556 g/mol. The molecule has 1 fully saturated rings. The molecule has 0 atom stereocenters. The van der Waals surface area contributed by atoms with Gasteiger partial charge in [0.1, 0.15) is 5.75 Å². The molecule has 10 heteroatoms. The van der Waals surface area contributed by atoms with Crippen molar-refractivity contribution in [2.45, 2.75) is 13.8 Å². The number of anilines is 2. The molecule has 4 rings (SSSR count). The normalized spacial score (nSPS) is 13.4. The highest BCUT2D eigenvalue weighted by Gasteiger charge is 2.24. The summed E-state index contributed by atoms with van der Waals surface area (Å²) >= 11 is 13.4. The number of ether oxygens (including phenoxy) is 1. The molecule has 0 saturated carbocycles. The maximum atomic E-state index is 12.6. The molecule has 0 aliphatic carbocycles. The molecular formula is C27H29ClN4O3S2.